The molecule has 9 heteroatoms. The van der Waals surface area contributed by atoms with E-state index in [1.54, 1.807) is 19.6 Å². The lowest BCUT2D eigenvalue weighted by atomic mass is 10.4. The molecule has 2 aliphatic heterocycles. The monoisotopic (exact) mass is 319 g/mol. The fourth-order valence-electron chi connectivity index (χ4n) is 2.69. The third-order valence-electron chi connectivity index (χ3n) is 4.04. The summed E-state index contributed by atoms with van der Waals surface area (Å²) in [6, 6.07) is 3.93. The van der Waals surface area contributed by atoms with Gasteiger partial charge in [-0.3, -0.25) is 4.90 Å². The molecule has 4 amide bonds. The average molecular weight is 319 g/mol. The summed E-state index contributed by atoms with van der Waals surface area (Å²) in [5.41, 5.74) is 0. The number of carbonyl (C=O) groups is 2. The van der Waals surface area contributed by atoms with Gasteiger partial charge in [-0.2, -0.15) is 10.5 Å². The third-order valence-corrected chi connectivity index (χ3v) is 4.04. The SMILES string of the molecule is N#CCN(CC#N)CCN1CCN(CCN2CCNC2=O)C1=O. The van der Waals surface area contributed by atoms with Crippen LogP contribution in [0.5, 0.6) is 0 Å². The van der Waals surface area contributed by atoms with Gasteiger partial charge in [-0.25, -0.2) is 9.59 Å². The van der Waals surface area contributed by atoms with Crippen LogP contribution in [-0.2, 0) is 0 Å². The zero-order chi connectivity index (χ0) is 16.7. The topological polar surface area (TPSA) is 107 Å². The molecule has 124 valence electrons. The van der Waals surface area contributed by atoms with E-state index in [9.17, 15) is 9.59 Å². The Hall–Kier alpha value is -2.52. The van der Waals surface area contributed by atoms with Gasteiger partial charge in [-0.05, 0) is 0 Å². The van der Waals surface area contributed by atoms with Crippen LogP contribution < -0.4 is 5.32 Å². The Morgan fingerprint density at radius 2 is 1.57 bits per heavy atom. The maximum atomic E-state index is 12.3. The van der Waals surface area contributed by atoms with Crippen LogP contribution in [0.3, 0.4) is 0 Å². The molecule has 2 saturated heterocycles. The number of hydrogen-bond acceptors (Lipinski definition) is 5. The molecule has 9 nitrogen and oxygen atoms in total. The molecule has 0 spiro atoms. The van der Waals surface area contributed by atoms with E-state index >= 15 is 0 Å². The molecular formula is C14H21N7O2. The van der Waals surface area contributed by atoms with E-state index in [2.05, 4.69) is 5.32 Å². The average Bonchev–Trinajstić information content (AvgIpc) is 3.09. The molecule has 23 heavy (non-hydrogen) atoms. The zero-order valence-corrected chi connectivity index (χ0v) is 13.1. The number of amides is 4. The van der Waals surface area contributed by atoms with Gasteiger partial charge in [0.05, 0.1) is 25.2 Å². The van der Waals surface area contributed by atoms with Crippen molar-refractivity contribution in [1.82, 2.24) is 24.9 Å². The Bertz CT molecular complexity index is 508. The molecule has 1 N–H and O–H groups in total. The van der Waals surface area contributed by atoms with E-state index in [0.29, 0.717) is 52.4 Å². The second-order valence-corrected chi connectivity index (χ2v) is 5.50. The highest BCUT2D eigenvalue weighted by molar-refractivity contribution is 5.77. The van der Waals surface area contributed by atoms with E-state index in [1.807, 2.05) is 12.1 Å². The van der Waals surface area contributed by atoms with E-state index in [4.69, 9.17) is 10.5 Å². The van der Waals surface area contributed by atoms with Crippen LogP contribution in [0.2, 0.25) is 0 Å². The molecule has 0 bridgehead atoms. The molecule has 0 radical (unpaired) electrons. The lowest BCUT2D eigenvalue weighted by Crippen LogP contribution is -2.41. The van der Waals surface area contributed by atoms with E-state index in [-0.39, 0.29) is 25.2 Å². The van der Waals surface area contributed by atoms with Crippen molar-refractivity contribution < 1.29 is 9.59 Å². The quantitative estimate of drug-likeness (QED) is 0.583. The summed E-state index contributed by atoms with van der Waals surface area (Å²) in [5.74, 6) is 0. The molecule has 0 saturated carbocycles. The van der Waals surface area contributed by atoms with Crippen molar-refractivity contribution in [1.29, 1.82) is 10.5 Å². The molecule has 2 aliphatic rings. The van der Waals surface area contributed by atoms with Gasteiger partial charge in [0.2, 0.25) is 0 Å². The fourth-order valence-corrected chi connectivity index (χ4v) is 2.69. The Morgan fingerprint density at radius 1 is 0.957 bits per heavy atom. The number of rotatable bonds is 8. The minimum Gasteiger partial charge on any atom is -0.336 e. The van der Waals surface area contributed by atoms with Gasteiger partial charge in [-0.15, -0.1) is 0 Å². The Morgan fingerprint density at radius 3 is 2.13 bits per heavy atom. The molecular weight excluding hydrogens is 298 g/mol. The largest absolute Gasteiger partial charge is 0.336 e. The second-order valence-electron chi connectivity index (χ2n) is 5.50. The van der Waals surface area contributed by atoms with Gasteiger partial charge in [0.25, 0.3) is 0 Å². The van der Waals surface area contributed by atoms with Crippen molar-refractivity contribution in [2.24, 2.45) is 0 Å². The Kier molecular flexibility index (Phi) is 6.01. The number of nitrogens with zero attached hydrogens (tertiary/aromatic N) is 6. The highest BCUT2D eigenvalue weighted by Gasteiger charge is 2.29. The first kappa shape index (κ1) is 16.8. The summed E-state index contributed by atoms with van der Waals surface area (Å²) in [5, 5.41) is 20.2. The van der Waals surface area contributed by atoms with Crippen LogP contribution in [0.25, 0.3) is 0 Å². The number of hydrogen-bond donors (Lipinski definition) is 1. The zero-order valence-electron chi connectivity index (χ0n) is 13.1. The van der Waals surface area contributed by atoms with Crippen molar-refractivity contribution in [3.63, 3.8) is 0 Å². The van der Waals surface area contributed by atoms with Gasteiger partial charge in [0, 0.05) is 52.4 Å². The summed E-state index contributed by atoms with van der Waals surface area (Å²) < 4.78 is 0. The Labute approximate surface area is 135 Å². The minimum absolute atomic E-state index is 0.0431. The van der Waals surface area contributed by atoms with E-state index < -0.39 is 0 Å². The predicted octanol–water partition coefficient (Wildman–Crippen LogP) is -0.902. The van der Waals surface area contributed by atoms with Crippen molar-refractivity contribution in [2.45, 2.75) is 0 Å². The third kappa shape index (κ3) is 4.47. The maximum Gasteiger partial charge on any atom is 0.320 e. The molecule has 0 aromatic heterocycles. The minimum atomic E-state index is -0.0721. The Balaban J connectivity index is 1.74. The van der Waals surface area contributed by atoms with Crippen molar-refractivity contribution >= 4 is 12.1 Å². The molecule has 0 aliphatic carbocycles. The highest BCUT2D eigenvalue weighted by atomic mass is 16.2. The smallest absolute Gasteiger partial charge is 0.320 e. The molecule has 2 heterocycles. The first-order chi connectivity index (χ1) is 11.2. The normalized spacial score (nSPS) is 17.6. The lowest BCUT2D eigenvalue weighted by molar-refractivity contribution is 0.180. The summed E-state index contributed by atoms with van der Waals surface area (Å²) in [4.78, 5) is 30.7. The second kappa shape index (κ2) is 8.20. The van der Waals surface area contributed by atoms with Gasteiger partial charge in [0.1, 0.15) is 0 Å². The van der Waals surface area contributed by atoms with Crippen molar-refractivity contribution in [2.75, 3.05) is 65.4 Å². The summed E-state index contributed by atoms with van der Waals surface area (Å²) in [6.07, 6.45) is 0. The van der Waals surface area contributed by atoms with Crippen LogP contribution in [0.4, 0.5) is 9.59 Å². The van der Waals surface area contributed by atoms with Crippen molar-refractivity contribution in [3.05, 3.63) is 0 Å². The number of urea groups is 2. The van der Waals surface area contributed by atoms with Crippen LogP contribution in [0.1, 0.15) is 0 Å². The summed E-state index contributed by atoms with van der Waals surface area (Å²) in [6.45, 7) is 5.07. The van der Waals surface area contributed by atoms with Gasteiger partial charge in [-0.1, -0.05) is 0 Å². The van der Waals surface area contributed by atoms with Gasteiger partial charge in [0.15, 0.2) is 0 Å². The van der Waals surface area contributed by atoms with Crippen LogP contribution in [-0.4, -0.2) is 97.1 Å². The molecule has 2 fully saturated rings. The number of carbonyl (C=O) groups excluding carboxylic acids is 2. The standard InChI is InChI=1S/C14H21N7O2/c15-1-4-18(5-2-16)7-8-20-11-12-21(14(20)23)10-9-19-6-3-17-13(19)22/h3-12H2,(H,17,22). The van der Waals surface area contributed by atoms with Crippen LogP contribution in [0, 0.1) is 22.7 Å². The van der Waals surface area contributed by atoms with E-state index in [0.717, 1.165) is 0 Å². The molecule has 0 aromatic carbocycles. The summed E-state index contributed by atoms with van der Waals surface area (Å²) >= 11 is 0. The molecule has 0 unspecified atom stereocenters. The van der Waals surface area contributed by atoms with E-state index in [1.165, 1.54) is 0 Å². The molecule has 0 atom stereocenters. The predicted molar refractivity (Wildman–Crippen MR) is 81.2 cm³/mol. The lowest BCUT2D eigenvalue weighted by Gasteiger charge is -2.23. The van der Waals surface area contributed by atoms with Crippen molar-refractivity contribution in [3.8, 4) is 12.1 Å². The van der Waals surface area contributed by atoms with Crippen LogP contribution in [0.15, 0.2) is 0 Å². The number of nitriles is 2. The van der Waals surface area contributed by atoms with Gasteiger partial charge >= 0.3 is 12.1 Å². The number of nitrogens with one attached hydrogen (secondary N) is 1. The first-order valence-corrected chi connectivity index (χ1v) is 7.68. The fraction of sp³-hybridized carbons (Fsp3) is 0.714. The highest BCUT2D eigenvalue weighted by Crippen LogP contribution is 2.09. The van der Waals surface area contributed by atoms with Gasteiger partial charge < -0.3 is 20.0 Å². The molecule has 2 rings (SSSR count). The first-order valence-electron chi connectivity index (χ1n) is 7.68. The molecule has 0 aromatic rings. The van der Waals surface area contributed by atoms with Crippen LogP contribution >= 0.6 is 0 Å². The summed E-state index contributed by atoms with van der Waals surface area (Å²) in [7, 11) is 0. The maximum absolute atomic E-state index is 12.3.